The average Bonchev–Trinajstić information content (AvgIpc) is 3.29. The Morgan fingerprint density at radius 1 is 1.09 bits per heavy atom. The quantitative estimate of drug-likeness (QED) is 0.394. The van der Waals surface area contributed by atoms with Crippen molar-refractivity contribution in [2.75, 3.05) is 5.32 Å². The molecule has 4 rings (SSSR count). The number of carbonyl (C=O) groups is 1. The molecule has 6 nitrogen and oxygen atoms in total. The van der Waals surface area contributed by atoms with Gasteiger partial charge in [0.1, 0.15) is 23.9 Å². The summed E-state index contributed by atoms with van der Waals surface area (Å²) in [6.07, 6.45) is 0.217. The van der Waals surface area contributed by atoms with Crippen LogP contribution in [0, 0.1) is 26.6 Å². The van der Waals surface area contributed by atoms with Gasteiger partial charge in [-0.25, -0.2) is 9.37 Å². The lowest BCUT2D eigenvalue weighted by molar-refractivity contribution is -0.115. The van der Waals surface area contributed by atoms with E-state index in [-0.39, 0.29) is 18.1 Å². The fourth-order valence-corrected chi connectivity index (χ4v) is 4.09. The molecule has 2 aromatic carbocycles. The highest BCUT2D eigenvalue weighted by atomic mass is 32.1. The predicted octanol–water partition coefficient (Wildman–Crippen LogP) is 5.62. The highest BCUT2D eigenvalue weighted by Crippen LogP contribution is 2.30. The Bertz CT molecular complexity index is 1210. The van der Waals surface area contributed by atoms with E-state index in [2.05, 4.69) is 15.5 Å². The van der Waals surface area contributed by atoms with Crippen LogP contribution in [0.4, 0.5) is 9.52 Å². The summed E-state index contributed by atoms with van der Waals surface area (Å²) in [5.41, 5.74) is 4.17. The number of nitrogens with one attached hydrogen (secondary N) is 1. The highest BCUT2D eigenvalue weighted by Gasteiger charge is 2.13. The molecule has 2 aromatic heterocycles. The molecule has 0 fully saturated rings. The Hall–Kier alpha value is -3.52. The lowest BCUT2D eigenvalue weighted by atomic mass is 10.1. The minimum Gasteiger partial charge on any atom is -0.489 e. The summed E-state index contributed by atoms with van der Waals surface area (Å²) in [5.74, 6) is 0.994. The number of hydrogen-bond donors (Lipinski definition) is 1. The first-order chi connectivity index (χ1) is 15.4. The van der Waals surface area contributed by atoms with Crippen molar-refractivity contribution in [1.82, 2.24) is 10.1 Å². The SMILES string of the molecule is Cc1noc(C)c1COc1ccc(CC(=O)Nc2nc(-c3ccc(F)cc3)c(C)s2)cc1. The van der Waals surface area contributed by atoms with Gasteiger partial charge in [0.05, 0.1) is 23.4 Å². The van der Waals surface area contributed by atoms with Gasteiger partial charge >= 0.3 is 0 Å². The van der Waals surface area contributed by atoms with Crippen LogP contribution in [0.25, 0.3) is 11.3 Å². The summed E-state index contributed by atoms with van der Waals surface area (Å²) < 4.78 is 24.1. The Labute approximate surface area is 189 Å². The molecule has 164 valence electrons. The maximum Gasteiger partial charge on any atom is 0.230 e. The summed E-state index contributed by atoms with van der Waals surface area (Å²) >= 11 is 1.39. The molecule has 0 aliphatic rings. The lowest BCUT2D eigenvalue weighted by Crippen LogP contribution is -2.14. The Morgan fingerprint density at radius 3 is 2.47 bits per heavy atom. The molecule has 2 heterocycles. The molecule has 8 heteroatoms. The summed E-state index contributed by atoms with van der Waals surface area (Å²) in [6, 6.07) is 13.5. The van der Waals surface area contributed by atoms with Gasteiger partial charge in [0.2, 0.25) is 5.91 Å². The van der Waals surface area contributed by atoms with Gasteiger partial charge in [0.15, 0.2) is 5.13 Å². The number of amides is 1. The molecule has 0 aliphatic carbocycles. The van der Waals surface area contributed by atoms with Crippen molar-refractivity contribution in [3.8, 4) is 17.0 Å². The van der Waals surface area contributed by atoms with Crippen molar-refractivity contribution in [3.05, 3.63) is 81.8 Å². The Balaban J connectivity index is 1.34. The van der Waals surface area contributed by atoms with Gasteiger partial charge < -0.3 is 14.6 Å². The fourth-order valence-electron chi connectivity index (χ4n) is 3.24. The number of aryl methyl sites for hydroxylation is 3. The van der Waals surface area contributed by atoms with E-state index >= 15 is 0 Å². The van der Waals surface area contributed by atoms with Crippen molar-refractivity contribution in [3.63, 3.8) is 0 Å². The number of carbonyl (C=O) groups excluding carboxylic acids is 1. The van der Waals surface area contributed by atoms with Crippen LogP contribution >= 0.6 is 11.3 Å². The van der Waals surface area contributed by atoms with Gasteiger partial charge in [-0.15, -0.1) is 11.3 Å². The summed E-state index contributed by atoms with van der Waals surface area (Å²) in [6.45, 7) is 6.03. The molecule has 1 N–H and O–H groups in total. The van der Waals surface area contributed by atoms with Gasteiger partial charge in [0, 0.05) is 10.4 Å². The third-order valence-electron chi connectivity index (χ3n) is 5.01. The second-order valence-corrected chi connectivity index (χ2v) is 8.59. The number of halogens is 1. The normalized spacial score (nSPS) is 10.9. The molecule has 32 heavy (non-hydrogen) atoms. The van der Waals surface area contributed by atoms with E-state index in [1.165, 1.54) is 23.5 Å². The molecular weight excluding hydrogens is 429 g/mol. The minimum absolute atomic E-state index is 0.159. The third-order valence-corrected chi connectivity index (χ3v) is 5.90. The van der Waals surface area contributed by atoms with E-state index in [0.29, 0.717) is 17.5 Å². The first kappa shape index (κ1) is 21.7. The van der Waals surface area contributed by atoms with Gasteiger partial charge in [-0.1, -0.05) is 17.3 Å². The molecule has 0 aliphatic heterocycles. The van der Waals surface area contributed by atoms with Crippen LogP contribution in [0.15, 0.2) is 53.1 Å². The van der Waals surface area contributed by atoms with E-state index in [1.807, 2.05) is 45.0 Å². The van der Waals surface area contributed by atoms with Crippen molar-refractivity contribution in [2.45, 2.75) is 33.8 Å². The van der Waals surface area contributed by atoms with Crippen LogP contribution < -0.4 is 10.1 Å². The van der Waals surface area contributed by atoms with Crippen LogP contribution in [0.2, 0.25) is 0 Å². The molecule has 0 unspecified atom stereocenters. The van der Waals surface area contributed by atoms with Gasteiger partial charge in [0.25, 0.3) is 0 Å². The minimum atomic E-state index is -0.296. The molecule has 0 spiro atoms. The largest absolute Gasteiger partial charge is 0.489 e. The Kier molecular flexibility index (Phi) is 6.32. The van der Waals surface area contributed by atoms with Crippen LogP contribution in [0.1, 0.15) is 27.5 Å². The summed E-state index contributed by atoms with van der Waals surface area (Å²) in [4.78, 5) is 17.9. The predicted molar refractivity (Wildman–Crippen MR) is 121 cm³/mol. The zero-order valence-corrected chi connectivity index (χ0v) is 18.8. The van der Waals surface area contributed by atoms with Crippen molar-refractivity contribution in [1.29, 1.82) is 0 Å². The van der Waals surface area contributed by atoms with Gasteiger partial charge in [-0.2, -0.15) is 0 Å². The number of anilines is 1. The van der Waals surface area contributed by atoms with E-state index in [4.69, 9.17) is 9.26 Å². The van der Waals surface area contributed by atoms with Crippen LogP contribution in [-0.4, -0.2) is 16.0 Å². The molecule has 0 saturated heterocycles. The molecular formula is C24H22FN3O3S. The number of ether oxygens (including phenoxy) is 1. The number of aromatic nitrogens is 2. The fraction of sp³-hybridized carbons (Fsp3) is 0.208. The molecule has 0 radical (unpaired) electrons. The van der Waals surface area contributed by atoms with Crippen molar-refractivity contribution < 1.29 is 18.4 Å². The molecule has 4 aromatic rings. The first-order valence-electron chi connectivity index (χ1n) is 10.1. The molecule has 1 amide bonds. The topological polar surface area (TPSA) is 77.2 Å². The van der Waals surface area contributed by atoms with E-state index in [0.717, 1.165) is 38.7 Å². The van der Waals surface area contributed by atoms with Crippen LogP contribution in [0.5, 0.6) is 5.75 Å². The zero-order chi connectivity index (χ0) is 22.7. The summed E-state index contributed by atoms with van der Waals surface area (Å²) in [5, 5.41) is 7.29. The third kappa shape index (κ3) is 5.03. The smallest absolute Gasteiger partial charge is 0.230 e. The highest BCUT2D eigenvalue weighted by molar-refractivity contribution is 7.16. The summed E-state index contributed by atoms with van der Waals surface area (Å²) in [7, 11) is 0. The van der Waals surface area contributed by atoms with Crippen molar-refractivity contribution >= 4 is 22.4 Å². The standard InChI is InChI=1S/C24H22FN3O3S/c1-14-21(15(2)31-28-14)13-30-20-10-4-17(5-11-20)12-22(29)26-24-27-23(16(3)32-24)18-6-8-19(25)9-7-18/h4-11H,12-13H2,1-3H3,(H,26,27,29). The first-order valence-corrected chi connectivity index (χ1v) is 10.9. The molecule has 0 saturated carbocycles. The number of thiazole rings is 1. The zero-order valence-electron chi connectivity index (χ0n) is 17.9. The second kappa shape index (κ2) is 9.32. The molecule has 0 bridgehead atoms. The second-order valence-electron chi connectivity index (χ2n) is 7.39. The van der Waals surface area contributed by atoms with Crippen molar-refractivity contribution in [2.24, 2.45) is 0 Å². The molecule has 0 atom stereocenters. The maximum absolute atomic E-state index is 13.2. The van der Waals surface area contributed by atoms with Gasteiger partial charge in [-0.05, 0) is 62.7 Å². The van der Waals surface area contributed by atoms with E-state index < -0.39 is 0 Å². The number of rotatable bonds is 7. The number of nitrogens with zero attached hydrogens (tertiary/aromatic N) is 2. The Morgan fingerprint density at radius 2 is 1.81 bits per heavy atom. The average molecular weight is 452 g/mol. The number of benzene rings is 2. The van der Waals surface area contributed by atoms with E-state index in [9.17, 15) is 9.18 Å². The maximum atomic E-state index is 13.2. The van der Waals surface area contributed by atoms with E-state index in [1.54, 1.807) is 12.1 Å². The van der Waals surface area contributed by atoms with Crippen LogP contribution in [-0.2, 0) is 17.8 Å². The lowest BCUT2D eigenvalue weighted by Gasteiger charge is -2.07. The van der Waals surface area contributed by atoms with Gasteiger partial charge in [-0.3, -0.25) is 4.79 Å². The monoisotopic (exact) mass is 451 g/mol. The number of hydrogen-bond acceptors (Lipinski definition) is 6. The van der Waals surface area contributed by atoms with Crippen LogP contribution in [0.3, 0.4) is 0 Å².